The number of hydrogen-bond acceptors (Lipinski definition) is 5. The van der Waals surface area contributed by atoms with Gasteiger partial charge in [-0.25, -0.2) is 4.98 Å². The van der Waals surface area contributed by atoms with Crippen LogP contribution in [0.15, 0.2) is 47.3 Å². The highest BCUT2D eigenvalue weighted by Crippen LogP contribution is 2.22. The Morgan fingerprint density at radius 3 is 2.58 bits per heavy atom. The summed E-state index contributed by atoms with van der Waals surface area (Å²) in [6, 6.07) is 14.1. The summed E-state index contributed by atoms with van der Waals surface area (Å²) >= 11 is 0. The maximum atomic E-state index is 12.5. The minimum Gasteiger partial charge on any atom is -0.369 e. The summed E-state index contributed by atoms with van der Waals surface area (Å²) in [5, 5.41) is 2.97. The third-order valence-electron chi connectivity index (χ3n) is 6.37. The van der Waals surface area contributed by atoms with Crippen LogP contribution in [0.5, 0.6) is 0 Å². The molecule has 0 aliphatic carbocycles. The summed E-state index contributed by atoms with van der Waals surface area (Å²) < 4.78 is 1.51. The van der Waals surface area contributed by atoms with Crippen LogP contribution in [-0.2, 0) is 11.3 Å². The average molecular weight is 448 g/mol. The van der Waals surface area contributed by atoms with Gasteiger partial charge < -0.3 is 10.2 Å². The standard InChI is InChI=1S/C26H33N5O2/c1-19-9-10-20(2)24(17-19)30-15-13-29(14-16-30)12-6-11-27-25(32)18-31-23-8-5-4-7-22(23)28-21(3)26(31)33/h4-5,7-10,17H,6,11-16,18H2,1-3H3,(H,27,32). The van der Waals surface area contributed by atoms with Gasteiger partial charge in [0, 0.05) is 38.4 Å². The molecule has 0 saturated carbocycles. The fraction of sp³-hybridized carbons (Fsp3) is 0.423. The Morgan fingerprint density at radius 1 is 1.03 bits per heavy atom. The summed E-state index contributed by atoms with van der Waals surface area (Å²) in [4.78, 5) is 34.3. The number of benzene rings is 2. The fourth-order valence-electron chi connectivity index (χ4n) is 4.48. The first kappa shape index (κ1) is 23.0. The van der Waals surface area contributed by atoms with Gasteiger partial charge in [0.1, 0.15) is 12.2 Å². The number of piperazine rings is 1. The van der Waals surface area contributed by atoms with Crippen LogP contribution in [0.4, 0.5) is 5.69 Å². The number of aryl methyl sites for hydroxylation is 3. The van der Waals surface area contributed by atoms with E-state index in [0.717, 1.165) is 44.7 Å². The Kier molecular flexibility index (Phi) is 7.08. The molecule has 1 aliphatic rings. The lowest BCUT2D eigenvalue weighted by Gasteiger charge is -2.37. The van der Waals surface area contributed by atoms with E-state index in [4.69, 9.17) is 0 Å². The van der Waals surface area contributed by atoms with E-state index in [9.17, 15) is 9.59 Å². The molecule has 1 aliphatic heterocycles. The Hall–Kier alpha value is -3.19. The number of hydrogen-bond donors (Lipinski definition) is 1. The van der Waals surface area contributed by atoms with Gasteiger partial charge in [-0.15, -0.1) is 0 Å². The number of anilines is 1. The summed E-state index contributed by atoms with van der Waals surface area (Å²) in [7, 11) is 0. The number of aromatic nitrogens is 2. The molecule has 1 aromatic heterocycles. The lowest BCUT2D eigenvalue weighted by Crippen LogP contribution is -2.47. The van der Waals surface area contributed by atoms with Gasteiger partial charge in [-0.3, -0.25) is 19.1 Å². The Balaban J connectivity index is 1.23. The molecule has 7 heteroatoms. The number of nitrogens with zero attached hydrogens (tertiary/aromatic N) is 4. The number of amides is 1. The quantitative estimate of drug-likeness (QED) is 0.564. The predicted molar refractivity (Wildman–Crippen MR) is 133 cm³/mol. The van der Waals surface area contributed by atoms with Crippen LogP contribution in [0.2, 0.25) is 0 Å². The van der Waals surface area contributed by atoms with Crippen molar-refractivity contribution in [1.29, 1.82) is 0 Å². The van der Waals surface area contributed by atoms with Crippen molar-refractivity contribution in [3.63, 3.8) is 0 Å². The molecule has 7 nitrogen and oxygen atoms in total. The smallest absolute Gasteiger partial charge is 0.272 e. The third kappa shape index (κ3) is 5.42. The minimum absolute atomic E-state index is 0.0111. The van der Waals surface area contributed by atoms with E-state index in [0.29, 0.717) is 17.8 Å². The van der Waals surface area contributed by atoms with Gasteiger partial charge in [-0.2, -0.15) is 0 Å². The number of rotatable bonds is 7. The summed E-state index contributed by atoms with van der Waals surface area (Å²) in [5.41, 5.74) is 5.56. The van der Waals surface area contributed by atoms with Gasteiger partial charge in [-0.05, 0) is 63.1 Å². The lowest BCUT2D eigenvalue weighted by atomic mass is 10.1. The molecule has 3 aromatic rings. The van der Waals surface area contributed by atoms with Crippen LogP contribution >= 0.6 is 0 Å². The first-order valence-electron chi connectivity index (χ1n) is 11.7. The minimum atomic E-state index is -0.217. The first-order chi connectivity index (χ1) is 15.9. The molecule has 1 fully saturated rings. The monoisotopic (exact) mass is 447 g/mol. The van der Waals surface area contributed by atoms with Gasteiger partial charge in [0.15, 0.2) is 0 Å². The van der Waals surface area contributed by atoms with E-state index in [1.807, 2.05) is 24.3 Å². The van der Waals surface area contributed by atoms with Crippen LogP contribution in [0.25, 0.3) is 11.0 Å². The topological polar surface area (TPSA) is 70.5 Å². The molecule has 1 N–H and O–H groups in total. The first-order valence-corrected chi connectivity index (χ1v) is 11.7. The number of nitrogens with one attached hydrogen (secondary N) is 1. The number of para-hydroxylation sites is 2. The normalized spacial score (nSPS) is 14.6. The molecular formula is C26H33N5O2. The van der Waals surface area contributed by atoms with E-state index in [1.54, 1.807) is 6.92 Å². The average Bonchev–Trinajstić information content (AvgIpc) is 2.82. The Bertz CT molecular complexity index is 1190. The van der Waals surface area contributed by atoms with Gasteiger partial charge in [0.25, 0.3) is 5.56 Å². The lowest BCUT2D eigenvalue weighted by molar-refractivity contribution is -0.121. The molecule has 1 amide bonds. The third-order valence-corrected chi connectivity index (χ3v) is 6.37. The molecule has 0 radical (unpaired) electrons. The van der Waals surface area contributed by atoms with Crippen molar-refractivity contribution in [3.8, 4) is 0 Å². The van der Waals surface area contributed by atoms with E-state index in [2.05, 4.69) is 52.1 Å². The molecule has 0 atom stereocenters. The van der Waals surface area contributed by atoms with Crippen molar-refractivity contribution in [2.45, 2.75) is 33.7 Å². The van der Waals surface area contributed by atoms with Crippen molar-refractivity contribution in [3.05, 3.63) is 69.6 Å². The molecule has 2 aromatic carbocycles. The molecule has 2 heterocycles. The molecule has 174 valence electrons. The zero-order valence-corrected chi connectivity index (χ0v) is 19.8. The van der Waals surface area contributed by atoms with Crippen molar-refractivity contribution in [2.24, 2.45) is 0 Å². The largest absolute Gasteiger partial charge is 0.369 e. The zero-order chi connectivity index (χ0) is 23.4. The highest BCUT2D eigenvalue weighted by atomic mass is 16.2. The van der Waals surface area contributed by atoms with E-state index in [-0.39, 0.29) is 18.0 Å². The van der Waals surface area contributed by atoms with Gasteiger partial charge in [0.2, 0.25) is 5.91 Å². The van der Waals surface area contributed by atoms with Gasteiger partial charge in [-0.1, -0.05) is 24.3 Å². The maximum Gasteiger partial charge on any atom is 0.272 e. The maximum absolute atomic E-state index is 12.5. The van der Waals surface area contributed by atoms with E-state index < -0.39 is 0 Å². The highest BCUT2D eigenvalue weighted by Gasteiger charge is 2.18. The SMILES string of the molecule is Cc1ccc(C)c(N2CCN(CCCNC(=O)Cn3c(=O)c(C)nc4ccccc43)CC2)c1. The van der Waals surface area contributed by atoms with E-state index >= 15 is 0 Å². The number of fused-ring (bicyclic) bond motifs is 1. The number of carbonyl (C=O) groups is 1. The predicted octanol–water partition coefficient (Wildman–Crippen LogP) is 2.65. The molecule has 33 heavy (non-hydrogen) atoms. The second-order valence-electron chi connectivity index (χ2n) is 8.90. The fourth-order valence-corrected chi connectivity index (χ4v) is 4.48. The van der Waals surface area contributed by atoms with Crippen molar-refractivity contribution >= 4 is 22.6 Å². The van der Waals surface area contributed by atoms with Crippen LogP contribution in [-0.4, -0.2) is 59.6 Å². The van der Waals surface area contributed by atoms with Crippen LogP contribution in [0.3, 0.4) is 0 Å². The summed E-state index contributed by atoms with van der Waals surface area (Å²) in [6.07, 6.45) is 0.889. The van der Waals surface area contributed by atoms with Crippen LogP contribution < -0.4 is 15.8 Å². The Labute approximate surface area is 195 Å². The molecule has 0 unspecified atom stereocenters. The van der Waals surface area contributed by atoms with Crippen LogP contribution in [0, 0.1) is 20.8 Å². The second kappa shape index (κ2) is 10.2. The molecule has 4 rings (SSSR count). The van der Waals surface area contributed by atoms with Crippen molar-refractivity contribution < 1.29 is 4.79 Å². The van der Waals surface area contributed by atoms with Gasteiger partial charge in [0.05, 0.1) is 11.0 Å². The van der Waals surface area contributed by atoms with Crippen LogP contribution in [0.1, 0.15) is 23.2 Å². The molecule has 0 spiro atoms. The molecule has 1 saturated heterocycles. The summed E-state index contributed by atoms with van der Waals surface area (Å²) in [6.45, 7) is 11.7. The highest BCUT2D eigenvalue weighted by molar-refractivity contribution is 5.80. The van der Waals surface area contributed by atoms with Crippen molar-refractivity contribution in [1.82, 2.24) is 19.8 Å². The summed E-state index contributed by atoms with van der Waals surface area (Å²) in [5.74, 6) is -0.146. The van der Waals surface area contributed by atoms with Crippen molar-refractivity contribution in [2.75, 3.05) is 44.2 Å². The second-order valence-corrected chi connectivity index (χ2v) is 8.90. The molecular weight excluding hydrogens is 414 g/mol. The van der Waals surface area contributed by atoms with Gasteiger partial charge >= 0.3 is 0 Å². The Morgan fingerprint density at radius 2 is 1.79 bits per heavy atom. The van der Waals surface area contributed by atoms with E-state index in [1.165, 1.54) is 21.4 Å². The molecule has 0 bridgehead atoms. The number of carbonyl (C=O) groups excluding carboxylic acids is 1. The zero-order valence-electron chi connectivity index (χ0n) is 19.8.